The standard InChI is InChI=1S/C11H14F2N2/c1-7(2)5-6-15-11-9(14)4-3-8(12)10(11)13/h3-5,15H,6,14H2,1-2H3. The number of anilines is 2. The highest BCUT2D eigenvalue weighted by atomic mass is 19.2. The molecule has 1 aromatic rings. The van der Waals surface area contributed by atoms with Crippen LogP contribution in [0.2, 0.25) is 0 Å². The van der Waals surface area contributed by atoms with Crippen LogP contribution in [-0.4, -0.2) is 6.54 Å². The minimum absolute atomic E-state index is 0.0208. The van der Waals surface area contributed by atoms with Gasteiger partial charge in [0.05, 0.1) is 11.4 Å². The normalized spacial score (nSPS) is 9.87. The number of allylic oxidation sites excluding steroid dienone is 1. The molecule has 3 N–H and O–H groups in total. The lowest BCUT2D eigenvalue weighted by Crippen LogP contribution is -2.06. The first kappa shape index (κ1) is 11.5. The summed E-state index contributed by atoms with van der Waals surface area (Å²) >= 11 is 0. The van der Waals surface area contributed by atoms with Crippen molar-refractivity contribution in [2.75, 3.05) is 17.6 Å². The van der Waals surface area contributed by atoms with Crippen LogP contribution in [0, 0.1) is 11.6 Å². The molecule has 0 amide bonds. The molecule has 0 aliphatic heterocycles. The van der Waals surface area contributed by atoms with Crippen molar-refractivity contribution in [1.29, 1.82) is 0 Å². The van der Waals surface area contributed by atoms with Crippen molar-refractivity contribution in [3.8, 4) is 0 Å². The van der Waals surface area contributed by atoms with Crippen LogP contribution in [0.4, 0.5) is 20.2 Å². The molecule has 0 aliphatic carbocycles. The zero-order chi connectivity index (χ0) is 11.4. The van der Waals surface area contributed by atoms with Gasteiger partial charge in [-0.15, -0.1) is 0 Å². The van der Waals surface area contributed by atoms with Crippen molar-refractivity contribution >= 4 is 11.4 Å². The van der Waals surface area contributed by atoms with Gasteiger partial charge in [-0.05, 0) is 26.0 Å². The quantitative estimate of drug-likeness (QED) is 0.597. The molecule has 0 fully saturated rings. The van der Waals surface area contributed by atoms with Crippen LogP contribution in [0.1, 0.15) is 13.8 Å². The van der Waals surface area contributed by atoms with Gasteiger partial charge in [-0.25, -0.2) is 8.78 Å². The number of nitrogens with one attached hydrogen (secondary N) is 1. The van der Waals surface area contributed by atoms with Crippen molar-refractivity contribution in [3.05, 3.63) is 35.4 Å². The fraction of sp³-hybridized carbons (Fsp3) is 0.273. The fourth-order valence-corrected chi connectivity index (χ4v) is 1.10. The summed E-state index contributed by atoms with van der Waals surface area (Å²) in [6.45, 7) is 4.27. The summed E-state index contributed by atoms with van der Waals surface area (Å²) in [5, 5.41) is 2.74. The third-order valence-electron chi connectivity index (χ3n) is 1.92. The third-order valence-corrected chi connectivity index (χ3v) is 1.92. The highest BCUT2D eigenvalue weighted by Gasteiger charge is 2.10. The molecule has 15 heavy (non-hydrogen) atoms. The van der Waals surface area contributed by atoms with Gasteiger partial charge in [0.15, 0.2) is 11.6 Å². The molecule has 0 heterocycles. The smallest absolute Gasteiger partial charge is 0.183 e. The molecule has 1 rings (SSSR count). The molecule has 82 valence electrons. The minimum atomic E-state index is -0.933. The van der Waals surface area contributed by atoms with Gasteiger partial charge in [0.25, 0.3) is 0 Å². The molecule has 0 radical (unpaired) electrons. The lowest BCUT2D eigenvalue weighted by Gasteiger charge is -2.09. The Bertz CT molecular complexity index is 382. The maximum Gasteiger partial charge on any atom is 0.183 e. The topological polar surface area (TPSA) is 38.0 Å². The van der Waals surface area contributed by atoms with Crippen molar-refractivity contribution in [2.24, 2.45) is 0 Å². The number of rotatable bonds is 3. The molecule has 0 bridgehead atoms. The van der Waals surface area contributed by atoms with E-state index in [2.05, 4.69) is 5.32 Å². The summed E-state index contributed by atoms with van der Waals surface area (Å²) in [4.78, 5) is 0. The first-order valence-electron chi connectivity index (χ1n) is 4.63. The SMILES string of the molecule is CC(C)=CCNc1c(N)ccc(F)c1F. The van der Waals surface area contributed by atoms with Crippen LogP contribution < -0.4 is 11.1 Å². The Labute approximate surface area is 87.8 Å². The highest BCUT2D eigenvalue weighted by molar-refractivity contribution is 5.67. The molecule has 0 aliphatic rings. The van der Waals surface area contributed by atoms with E-state index in [1.807, 2.05) is 19.9 Å². The lowest BCUT2D eigenvalue weighted by atomic mass is 10.2. The number of benzene rings is 1. The second kappa shape index (κ2) is 4.77. The zero-order valence-corrected chi connectivity index (χ0v) is 8.77. The van der Waals surface area contributed by atoms with Crippen molar-refractivity contribution in [1.82, 2.24) is 0 Å². The van der Waals surface area contributed by atoms with Crippen molar-refractivity contribution in [3.63, 3.8) is 0 Å². The summed E-state index contributed by atoms with van der Waals surface area (Å²) in [6, 6.07) is 2.35. The molecule has 0 saturated heterocycles. The van der Waals surface area contributed by atoms with Crippen LogP contribution in [0.25, 0.3) is 0 Å². The van der Waals surface area contributed by atoms with Gasteiger partial charge in [-0.1, -0.05) is 11.6 Å². The van der Waals surface area contributed by atoms with Gasteiger partial charge in [0, 0.05) is 6.54 Å². The number of halogens is 2. The molecular weight excluding hydrogens is 198 g/mol. The van der Waals surface area contributed by atoms with Crippen LogP contribution in [-0.2, 0) is 0 Å². The lowest BCUT2D eigenvalue weighted by molar-refractivity contribution is 0.511. The van der Waals surface area contributed by atoms with Crippen LogP contribution in [0.5, 0.6) is 0 Å². The van der Waals surface area contributed by atoms with E-state index in [-0.39, 0.29) is 11.4 Å². The van der Waals surface area contributed by atoms with Gasteiger partial charge in [0.1, 0.15) is 0 Å². The average molecular weight is 212 g/mol. The fourth-order valence-electron chi connectivity index (χ4n) is 1.10. The second-order valence-corrected chi connectivity index (χ2v) is 3.49. The number of hydrogen-bond donors (Lipinski definition) is 2. The van der Waals surface area contributed by atoms with E-state index in [0.29, 0.717) is 6.54 Å². The van der Waals surface area contributed by atoms with Gasteiger partial charge < -0.3 is 11.1 Å². The maximum absolute atomic E-state index is 13.2. The molecule has 0 aromatic heterocycles. The van der Waals surface area contributed by atoms with Crippen molar-refractivity contribution < 1.29 is 8.78 Å². The maximum atomic E-state index is 13.2. The van der Waals surface area contributed by atoms with E-state index in [4.69, 9.17) is 5.73 Å². The Balaban J connectivity index is 2.85. The van der Waals surface area contributed by atoms with Crippen LogP contribution in [0.15, 0.2) is 23.8 Å². The highest BCUT2D eigenvalue weighted by Crippen LogP contribution is 2.24. The number of nitrogen functional groups attached to an aromatic ring is 1. The van der Waals surface area contributed by atoms with Crippen LogP contribution in [0.3, 0.4) is 0 Å². The largest absolute Gasteiger partial charge is 0.397 e. The summed E-state index contributed by atoms with van der Waals surface area (Å²) in [5.41, 5.74) is 6.84. The first-order chi connectivity index (χ1) is 7.02. The number of hydrogen-bond acceptors (Lipinski definition) is 2. The Hall–Kier alpha value is -1.58. The Kier molecular flexibility index (Phi) is 3.66. The monoisotopic (exact) mass is 212 g/mol. The minimum Gasteiger partial charge on any atom is -0.397 e. The third kappa shape index (κ3) is 2.94. The molecule has 2 nitrogen and oxygen atoms in total. The van der Waals surface area contributed by atoms with E-state index in [1.54, 1.807) is 0 Å². The average Bonchev–Trinajstić information content (AvgIpc) is 2.17. The molecule has 0 saturated carbocycles. The molecule has 0 atom stereocenters. The second-order valence-electron chi connectivity index (χ2n) is 3.49. The van der Waals surface area contributed by atoms with Crippen molar-refractivity contribution in [2.45, 2.75) is 13.8 Å². The molecule has 1 aromatic carbocycles. The predicted octanol–water partition coefficient (Wildman–Crippen LogP) is 2.93. The first-order valence-corrected chi connectivity index (χ1v) is 4.63. The zero-order valence-electron chi connectivity index (χ0n) is 8.77. The van der Waals surface area contributed by atoms with E-state index >= 15 is 0 Å². The Morgan fingerprint density at radius 2 is 2.07 bits per heavy atom. The van der Waals surface area contributed by atoms with Crippen LogP contribution >= 0.6 is 0 Å². The summed E-state index contributed by atoms with van der Waals surface area (Å²) < 4.78 is 26.1. The van der Waals surface area contributed by atoms with Gasteiger partial charge >= 0.3 is 0 Å². The molecule has 4 heteroatoms. The Morgan fingerprint density at radius 1 is 1.40 bits per heavy atom. The molecule has 0 spiro atoms. The van der Waals surface area contributed by atoms with E-state index in [0.717, 1.165) is 11.6 Å². The molecular formula is C11H14F2N2. The van der Waals surface area contributed by atoms with Gasteiger partial charge in [-0.2, -0.15) is 0 Å². The summed E-state index contributed by atoms with van der Waals surface area (Å²) in [5.74, 6) is -1.83. The number of nitrogens with two attached hydrogens (primary N) is 1. The van der Waals surface area contributed by atoms with Gasteiger partial charge in [0.2, 0.25) is 0 Å². The summed E-state index contributed by atoms with van der Waals surface area (Å²) in [7, 11) is 0. The van der Waals surface area contributed by atoms with E-state index in [1.165, 1.54) is 6.07 Å². The molecule has 0 unspecified atom stereocenters. The van der Waals surface area contributed by atoms with E-state index < -0.39 is 11.6 Å². The summed E-state index contributed by atoms with van der Waals surface area (Å²) in [6.07, 6.45) is 1.86. The predicted molar refractivity (Wildman–Crippen MR) is 58.7 cm³/mol. The van der Waals surface area contributed by atoms with E-state index in [9.17, 15) is 8.78 Å². The van der Waals surface area contributed by atoms with Gasteiger partial charge in [-0.3, -0.25) is 0 Å². The Morgan fingerprint density at radius 3 is 2.67 bits per heavy atom.